The zero-order chi connectivity index (χ0) is 16.9. The molecule has 0 N–H and O–H groups in total. The minimum absolute atomic E-state index is 0.197. The van der Waals surface area contributed by atoms with Crippen LogP contribution in [0.3, 0.4) is 0 Å². The van der Waals surface area contributed by atoms with E-state index < -0.39 is 48.3 Å². The predicted octanol–water partition coefficient (Wildman–Crippen LogP) is 1.27. The number of hydrogen-bond acceptors (Lipinski definition) is 7. The molecule has 0 saturated heterocycles. The van der Waals surface area contributed by atoms with E-state index in [4.69, 9.17) is 0 Å². The molecule has 0 spiro atoms. The van der Waals surface area contributed by atoms with Crippen molar-refractivity contribution < 1.29 is 27.5 Å². The van der Waals surface area contributed by atoms with Crippen LogP contribution in [0.5, 0.6) is 0 Å². The molecule has 0 unspecified atom stereocenters. The molecule has 8 nitrogen and oxygen atoms in total. The molecule has 0 heterocycles. The van der Waals surface area contributed by atoms with Gasteiger partial charge in [0.1, 0.15) is 15.7 Å². The van der Waals surface area contributed by atoms with Crippen LogP contribution in [-0.4, -0.2) is 29.5 Å². The first kappa shape index (κ1) is 15.0. The molecule has 1 aliphatic carbocycles. The van der Waals surface area contributed by atoms with E-state index in [1.807, 2.05) is 0 Å². The molecule has 0 radical (unpaired) electrons. The first-order valence-electron chi connectivity index (χ1n) is 6.19. The molecule has 1 aliphatic rings. The van der Waals surface area contributed by atoms with Crippen molar-refractivity contribution >= 4 is 27.4 Å². The van der Waals surface area contributed by atoms with Crippen LogP contribution in [0.2, 0.25) is 0 Å². The average molecular weight is 332 g/mol. The number of nitro benzene ring substituents is 1. The highest BCUT2D eigenvalue weighted by Gasteiger charge is 2.37. The number of carbonyl (C=O) groups excluding carboxylic acids is 2. The third kappa shape index (κ3) is 2.14. The van der Waals surface area contributed by atoms with E-state index in [1.165, 1.54) is 18.2 Å². The van der Waals surface area contributed by atoms with Crippen molar-refractivity contribution in [3.63, 3.8) is 0 Å². The fraction of sp³-hybridized carbons (Fsp3) is 0. The third-order valence-corrected chi connectivity index (χ3v) is 4.36. The maximum absolute atomic E-state index is 12.6. The van der Waals surface area contributed by atoms with Gasteiger partial charge >= 0.3 is 0 Å². The van der Waals surface area contributed by atoms with Crippen molar-refractivity contribution in [2.45, 2.75) is 4.90 Å². The Morgan fingerprint density at radius 3 is 2.00 bits per heavy atom. The maximum Gasteiger partial charge on any atom is 0.281 e. The third-order valence-electron chi connectivity index (χ3n) is 3.48. The molecule has 2 aromatic rings. The number of ketones is 2. The van der Waals surface area contributed by atoms with E-state index in [2.05, 4.69) is 0 Å². The highest BCUT2D eigenvalue weighted by molar-refractivity contribution is 7.85. The Morgan fingerprint density at radius 2 is 1.43 bits per heavy atom. The van der Waals surface area contributed by atoms with Crippen LogP contribution in [-0.2, 0) is 10.1 Å². The van der Waals surface area contributed by atoms with E-state index in [0.717, 1.165) is 18.2 Å². The molecule has 9 heteroatoms. The summed E-state index contributed by atoms with van der Waals surface area (Å²) < 4.78 is 34.0. The lowest BCUT2D eigenvalue weighted by molar-refractivity contribution is -0.385. The van der Waals surface area contributed by atoms with Gasteiger partial charge in [-0.15, -0.1) is 0 Å². The van der Waals surface area contributed by atoms with Gasteiger partial charge < -0.3 is 4.55 Å². The number of fused-ring (bicyclic) bond motifs is 2. The first-order chi connectivity index (χ1) is 10.7. The second-order valence-electron chi connectivity index (χ2n) is 4.75. The Balaban J connectivity index is 2.43. The quantitative estimate of drug-likeness (QED) is 0.392. The lowest BCUT2D eigenvalue weighted by Gasteiger charge is -2.20. The van der Waals surface area contributed by atoms with Crippen LogP contribution in [0.15, 0.2) is 41.3 Å². The maximum atomic E-state index is 12.6. The molecular formula is C14H6NO7S-. The van der Waals surface area contributed by atoms with Gasteiger partial charge in [-0.1, -0.05) is 18.2 Å². The van der Waals surface area contributed by atoms with Gasteiger partial charge in [0.05, 0.1) is 15.4 Å². The Bertz CT molecular complexity index is 1010. The fourth-order valence-corrected chi connectivity index (χ4v) is 3.25. The van der Waals surface area contributed by atoms with Crippen LogP contribution in [0, 0.1) is 10.1 Å². The number of nitrogens with zero attached hydrogens (tertiary/aromatic N) is 1. The Labute approximate surface area is 129 Å². The van der Waals surface area contributed by atoms with E-state index in [1.54, 1.807) is 0 Å². The number of nitro groups is 1. The van der Waals surface area contributed by atoms with Crippen molar-refractivity contribution in [3.05, 3.63) is 68.8 Å². The number of rotatable bonds is 2. The zero-order valence-corrected chi connectivity index (χ0v) is 12.0. The summed E-state index contributed by atoms with van der Waals surface area (Å²) in [6.07, 6.45) is 0. The minimum atomic E-state index is -5.03. The van der Waals surface area contributed by atoms with Crippen molar-refractivity contribution in [2.75, 3.05) is 0 Å². The van der Waals surface area contributed by atoms with Gasteiger partial charge in [-0.2, -0.15) is 0 Å². The SMILES string of the molecule is O=C1c2cccc([N+](=O)[O-])c2C(=O)c2c1cccc2S(=O)(=O)[O-]. The van der Waals surface area contributed by atoms with Crippen LogP contribution in [0.4, 0.5) is 5.69 Å². The molecule has 2 aromatic carbocycles. The normalized spacial score (nSPS) is 13.4. The van der Waals surface area contributed by atoms with Gasteiger partial charge in [-0.3, -0.25) is 19.7 Å². The predicted molar refractivity (Wildman–Crippen MR) is 74.4 cm³/mol. The Kier molecular flexibility index (Phi) is 3.13. The van der Waals surface area contributed by atoms with Crippen molar-refractivity contribution in [3.8, 4) is 0 Å². The van der Waals surface area contributed by atoms with Gasteiger partial charge in [0.25, 0.3) is 5.69 Å². The fourth-order valence-electron chi connectivity index (χ4n) is 2.55. The van der Waals surface area contributed by atoms with E-state index in [0.29, 0.717) is 0 Å². The smallest absolute Gasteiger partial charge is 0.281 e. The molecule has 0 fully saturated rings. The second kappa shape index (κ2) is 4.80. The summed E-state index contributed by atoms with van der Waals surface area (Å²) in [6, 6.07) is 6.78. The van der Waals surface area contributed by atoms with Gasteiger partial charge in [-0.25, -0.2) is 8.42 Å². The summed E-state index contributed by atoms with van der Waals surface area (Å²) in [4.78, 5) is 34.4. The van der Waals surface area contributed by atoms with Crippen LogP contribution < -0.4 is 0 Å². The largest absolute Gasteiger partial charge is 0.744 e. The van der Waals surface area contributed by atoms with Crippen LogP contribution >= 0.6 is 0 Å². The van der Waals surface area contributed by atoms with Crippen molar-refractivity contribution in [2.24, 2.45) is 0 Å². The Morgan fingerprint density at radius 1 is 0.870 bits per heavy atom. The molecule has 0 saturated carbocycles. The van der Waals surface area contributed by atoms with Crippen LogP contribution in [0.25, 0.3) is 0 Å². The monoisotopic (exact) mass is 332 g/mol. The topological polar surface area (TPSA) is 134 Å². The van der Waals surface area contributed by atoms with Gasteiger partial charge in [0, 0.05) is 17.2 Å². The van der Waals surface area contributed by atoms with Gasteiger partial charge in [0.15, 0.2) is 5.78 Å². The summed E-state index contributed by atoms with van der Waals surface area (Å²) in [6.45, 7) is 0. The van der Waals surface area contributed by atoms with E-state index >= 15 is 0 Å². The molecule has 23 heavy (non-hydrogen) atoms. The average Bonchev–Trinajstić information content (AvgIpc) is 2.50. The summed E-state index contributed by atoms with van der Waals surface area (Å²) >= 11 is 0. The van der Waals surface area contributed by atoms with Gasteiger partial charge in [0.2, 0.25) is 5.78 Å². The lowest BCUT2D eigenvalue weighted by Crippen LogP contribution is -2.24. The summed E-state index contributed by atoms with van der Waals surface area (Å²) in [5.41, 5.74) is -2.21. The second-order valence-corrected chi connectivity index (χ2v) is 6.10. The summed E-state index contributed by atoms with van der Waals surface area (Å²) in [7, 11) is -5.03. The molecule has 0 aliphatic heterocycles. The molecule has 0 bridgehead atoms. The minimum Gasteiger partial charge on any atom is -0.744 e. The highest BCUT2D eigenvalue weighted by atomic mass is 32.2. The number of carbonyl (C=O) groups is 2. The van der Waals surface area contributed by atoms with Crippen molar-refractivity contribution in [1.82, 2.24) is 0 Å². The highest BCUT2D eigenvalue weighted by Crippen LogP contribution is 2.35. The number of benzene rings is 2. The number of hydrogen-bond donors (Lipinski definition) is 0. The standard InChI is InChI=1S/C14H7NO7S/c16-13-7-3-1-5-9(15(18)19)11(7)14(17)12-8(13)4-2-6-10(12)23(20,21)22/h1-6H,(H,20,21,22)/p-1. The molecule has 116 valence electrons. The zero-order valence-electron chi connectivity index (χ0n) is 11.2. The molecule has 0 aromatic heterocycles. The lowest BCUT2D eigenvalue weighted by atomic mass is 9.83. The molecule has 3 rings (SSSR count). The van der Waals surface area contributed by atoms with E-state index in [9.17, 15) is 32.7 Å². The molecule has 0 amide bonds. The summed E-state index contributed by atoms with van der Waals surface area (Å²) in [5.74, 6) is -1.78. The van der Waals surface area contributed by atoms with E-state index in [-0.39, 0.29) is 11.1 Å². The van der Waals surface area contributed by atoms with Crippen LogP contribution in [0.1, 0.15) is 31.8 Å². The first-order valence-corrected chi connectivity index (χ1v) is 7.60. The van der Waals surface area contributed by atoms with Crippen molar-refractivity contribution in [1.29, 1.82) is 0 Å². The van der Waals surface area contributed by atoms with Gasteiger partial charge in [-0.05, 0) is 12.1 Å². The Hall–Kier alpha value is -2.91. The summed E-state index contributed by atoms with van der Waals surface area (Å²) in [5, 5.41) is 11.1. The molecule has 0 atom stereocenters. The molecular weight excluding hydrogens is 326 g/mol.